The van der Waals surface area contributed by atoms with E-state index in [1.165, 1.54) is 39.8 Å². The van der Waals surface area contributed by atoms with E-state index in [4.69, 9.17) is 47.4 Å². The maximum Gasteiger partial charge on any atom is 0.407 e. The van der Waals surface area contributed by atoms with Crippen molar-refractivity contribution in [1.29, 1.82) is 0 Å². The van der Waals surface area contributed by atoms with Gasteiger partial charge in [-0.1, -0.05) is 74.5 Å². The van der Waals surface area contributed by atoms with E-state index in [0.29, 0.717) is 101 Å². The van der Waals surface area contributed by atoms with Crippen molar-refractivity contribution in [2.24, 2.45) is 11.3 Å². The van der Waals surface area contributed by atoms with Crippen molar-refractivity contribution >= 4 is 38.0 Å². The molecule has 3 fully saturated rings. The summed E-state index contributed by atoms with van der Waals surface area (Å²) in [6, 6.07) is 25.9. The van der Waals surface area contributed by atoms with Crippen LogP contribution in [0.15, 0.2) is 107 Å². The standard InChI is InChI=1S/C33H48N2O9S.C31H40N2O10S/c1-31(2,3)44-30(37)34-26(20-24-10-8-7-9-11-24)27(36)22-35(23-32(4,5)14-15-33(6)42-18-19-43-33)45(38,39)25-12-13-28-29(21-25)41-17-16-40-28;1-21(34)7-5-6-13-33(44(37,38)23-10-11-27-28(18-23)40-16-15-39-27)19-26(35)25(17-22-8-3-2-4-9-22)32-31(36)43-29-20-42-30-24(29)12-14-41-30/h7-13,21,26-27,36H,14-20,22-23H2,1-6H3,(H,34,37);2-4,8-11,18,24-26,29-30,35H,5-7,12-17,19-20H2,1H3,(H,32,36)/t26-,27?;24?,25-,26?,29?,30?/m00/s1. The predicted octanol–water partition coefficient (Wildman–Crippen LogP) is 7.18. The van der Waals surface area contributed by atoms with Gasteiger partial charge in [-0.3, -0.25) is 0 Å². The highest BCUT2D eigenvalue weighted by molar-refractivity contribution is 7.89. The van der Waals surface area contributed by atoms with E-state index in [1.807, 2.05) is 81.4 Å². The summed E-state index contributed by atoms with van der Waals surface area (Å²) < 4.78 is 115. The molecule has 0 aromatic heterocycles. The van der Waals surface area contributed by atoms with Crippen molar-refractivity contribution < 1.29 is 88.8 Å². The largest absolute Gasteiger partial charge is 0.486 e. The molecule has 5 aliphatic heterocycles. The first-order valence-electron chi connectivity index (χ1n) is 30.5. The van der Waals surface area contributed by atoms with Crippen LogP contribution in [0.2, 0.25) is 0 Å². The SMILES string of the molecule is CC(=O)CCCCN(CC(O)[C@H](Cc1ccccc1)NC(=O)OC1COC2OCCC12)S(=O)(=O)c1ccc2c(c1)OCCO2.CC(C)(CCC1(C)OCCO1)CN(CC(O)[C@H](Cc1ccccc1)NC(=O)OC(C)(C)C)S(=O)(=O)c1ccc2c(c1)OCCO2. The number of aliphatic hydroxyl groups excluding tert-OH is 2. The van der Waals surface area contributed by atoms with Crippen LogP contribution in [-0.4, -0.2) is 181 Å². The summed E-state index contributed by atoms with van der Waals surface area (Å²) in [5.41, 5.74) is 0.414. The van der Waals surface area contributed by atoms with E-state index in [-0.39, 0.29) is 73.4 Å². The minimum atomic E-state index is -4.15. The Morgan fingerprint density at radius 3 is 1.69 bits per heavy atom. The fourth-order valence-corrected chi connectivity index (χ4v) is 14.2. The number of alkyl carbamates (subject to hydrolysis) is 2. The number of ketones is 1. The number of nitrogens with one attached hydrogen (secondary N) is 2. The Hall–Kier alpha value is -6.13. The molecule has 4 aromatic rings. The normalized spacial score (nSPS) is 20.1. The molecule has 0 saturated carbocycles. The van der Waals surface area contributed by atoms with Crippen molar-refractivity contribution in [2.45, 2.75) is 158 Å². The third-order valence-corrected chi connectivity index (χ3v) is 19.5. The summed E-state index contributed by atoms with van der Waals surface area (Å²) in [5, 5.41) is 28.8. The third-order valence-electron chi connectivity index (χ3n) is 15.8. The van der Waals surface area contributed by atoms with Crippen LogP contribution < -0.4 is 29.6 Å². The average molecular weight is 1280 g/mol. The number of carbonyl (C=O) groups is 3. The van der Waals surface area contributed by atoms with Crippen molar-refractivity contribution in [3.63, 3.8) is 0 Å². The number of rotatable bonds is 27. The molecule has 0 bridgehead atoms. The molecule has 4 aromatic carbocycles. The topological polar surface area (TPSA) is 283 Å². The van der Waals surface area contributed by atoms with E-state index >= 15 is 0 Å². The number of hydrogen-bond donors (Lipinski definition) is 4. The molecule has 4 N–H and O–H groups in total. The van der Waals surface area contributed by atoms with Gasteiger partial charge in [-0.05, 0) is 114 Å². The number of hydrogen-bond acceptors (Lipinski definition) is 19. The second-order valence-corrected chi connectivity index (χ2v) is 28.8. The van der Waals surface area contributed by atoms with Gasteiger partial charge in [-0.2, -0.15) is 8.61 Å². The smallest absolute Gasteiger partial charge is 0.407 e. The lowest BCUT2D eigenvalue weighted by Gasteiger charge is -2.36. The molecule has 2 amide bonds. The van der Waals surface area contributed by atoms with Crippen LogP contribution in [0, 0.1) is 11.3 Å². The fraction of sp³-hybridized carbons (Fsp3) is 0.578. The summed E-state index contributed by atoms with van der Waals surface area (Å²) >= 11 is 0. The van der Waals surface area contributed by atoms with Gasteiger partial charge in [-0.25, -0.2) is 26.4 Å². The van der Waals surface area contributed by atoms with Crippen LogP contribution in [0.3, 0.4) is 0 Å². The Balaban J connectivity index is 0.000000230. The molecule has 7 atom stereocenters. The summed E-state index contributed by atoms with van der Waals surface area (Å²) in [6.45, 7) is 15.3. The summed E-state index contributed by atoms with van der Waals surface area (Å²) in [5.74, 6) is 0.832. The second kappa shape index (κ2) is 30.8. The fourth-order valence-electron chi connectivity index (χ4n) is 11.0. The first kappa shape index (κ1) is 68.8. The number of aliphatic hydroxyl groups is 2. The quantitative estimate of drug-likeness (QED) is 0.0430. The maximum absolute atomic E-state index is 14.3. The van der Waals surface area contributed by atoms with E-state index in [1.54, 1.807) is 32.9 Å². The van der Waals surface area contributed by atoms with Crippen molar-refractivity contribution in [1.82, 2.24) is 19.2 Å². The van der Waals surface area contributed by atoms with Crippen LogP contribution in [0.1, 0.15) is 98.1 Å². The first-order valence-corrected chi connectivity index (χ1v) is 33.3. The number of nitrogens with zero attached hydrogens (tertiary/aromatic N) is 2. The lowest BCUT2D eigenvalue weighted by molar-refractivity contribution is -0.151. The average Bonchev–Trinajstić information content (AvgIpc) is 1.90. The molecule has 0 radical (unpaired) electrons. The number of Topliss-reactive ketones (excluding diaryl/α,β-unsaturated/α-hetero) is 1. The molecule has 25 heteroatoms. The molecule has 5 aliphatic rings. The van der Waals surface area contributed by atoms with Gasteiger partial charge >= 0.3 is 12.2 Å². The molecular weight excluding hydrogens is 1190 g/mol. The zero-order chi connectivity index (χ0) is 64.0. The molecule has 9 rings (SSSR count). The minimum Gasteiger partial charge on any atom is -0.486 e. The van der Waals surface area contributed by atoms with Gasteiger partial charge in [0.2, 0.25) is 20.0 Å². The van der Waals surface area contributed by atoms with Gasteiger partial charge in [0.25, 0.3) is 0 Å². The van der Waals surface area contributed by atoms with E-state index < -0.39 is 79.4 Å². The Kier molecular flexibility index (Phi) is 23.8. The number of fused-ring (bicyclic) bond motifs is 3. The molecule has 89 heavy (non-hydrogen) atoms. The first-order chi connectivity index (χ1) is 42.3. The van der Waals surface area contributed by atoms with E-state index in [2.05, 4.69) is 10.6 Å². The molecule has 5 unspecified atom stereocenters. The molecule has 3 saturated heterocycles. The zero-order valence-electron chi connectivity index (χ0n) is 52.0. The lowest BCUT2D eigenvalue weighted by atomic mass is 9.86. The zero-order valence-corrected chi connectivity index (χ0v) is 53.6. The molecule has 490 valence electrons. The Bertz CT molecular complexity index is 3200. The summed E-state index contributed by atoms with van der Waals surface area (Å²) in [4.78, 5) is 37.4. The van der Waals surface area contributed by atoms with Gasteiger partial charge in [0.05, 0.1) is 66.4 Å². The highest BCUT2D eigenvalue weighted by Crippen LogP contribution is 2.38. The molecule has 0 spiro atoms. The number of sulfonamides is 2. The number of amides is 2. The van der Waals surface area contributed by atoms with Crippen LogP contribution in [-0.2, 0) is 66.1 Å². The third kappa shape index (κ3) is 19.9. The van der Waals surface area contributed by atoms with E-state index in [9.17, 15) is 41.4 Å². The molecule has 0 aliphatic carbocycles. The Morgan fingerprint density at radius 2 is 1.16 bits per heavy atom. The van der Waals surface area contributed by atoms with Crippen LogP contribution in [0.4, 0.5) is 9.59 Å². The number of carbonyl (C=O) groups excluding carboxylic acids is 3. The molecular formula is C64H88N4O19S2. The van der Waals surface area contributed by atoms with Gasteiger partial charge in [0.1, 0.15) is 43.9 Å². The number of ether oxygens (including phenoxy) is 10. The summed E-state index contributed by atoms with van der Waals surface area (Å²) in [6.07, 6.45) is -1.29. The highest BCUT2D eigenvalue weighted by Gasteiger charge is 2.45. The second-order valence-electron chi connectivity index (χ2n) is 24.9. The Morgan fingerprint density at radius 1 is 0.652 bits per heavy atom. The van der Waals surface area contributed by atoms with Gasteiger partial charge in [-0.15, -0.1) is 0 Å². The maximum atomic E-state index is 14.3. The van der Waals surface area contributed by atoms with Crippen molar-refractivity contribution in [3.8, 4) is 23.0 Å². The van der Waals surface area contributed by atoms with Crippen molar-refractivity contribution in [3.05, 3.63) is 108 Å². The van der Waals surface area contributed by atoms with Gasteiger partial charge in [0, 0.05) is 51.2 Å². The number of benzene rings is 4. The molecule has 5 heterocycles. The van der Waals surface area contributed by atoms with Crippen molar-refractivity contribution in [2.75, 3.05) is 79.0 Å². The van der Waals surface area contributed by atoms with Gasteiger partial charge in [0.15, 0.2) is 35.1 Å². The number of unbranched alkanes of at least 4 members (excludes halogenated alkanes) is 1. The monoisotopic (exact) mass is 1280 g/mol. The minimum absolute atomic E-state index is 0.0120. The van der Waals surface area contributed by atoms with E-state index in [0.717, 1.165) is 17.5 Å². The Labute approximate surface area is 523 Å². The molecule has 23 nitrogen and oxygen atoms in total. The van der Waals surface area contributed by atoms with Crippen LogP contribution >= 0.6 is 0 Å². The highest BCUT2D eigenvalue weighted by atomic mass is 32.2. The van der Waals surface area contributed by atoms with Crippen LogP contribution in [0.25, 0.3) is 0 Å². The van der Waals surface area contributed by atoms with Crippen LogP contribution in [0.5, 0.6) is 23.0 Å². The summed E-state index contributed by atoms with van der Waals surface area (Å²) in [7, 11) is -8.26. The van der Waals surface area contributed by atoms with Gasteiger partial charge < -0.3 is 73.0 Å². The lowest BCUT2D eigenvalue weighted by Crippen LogP contribution is -2.52. The predicted molar refractivity (Wildman–Crippen MR) is 327 cm³/mol.